The Morgan fingerprint density at radius 1 is 1.33 bits per heavy atom. The zero-order valence-electron chi connectivity index (χ0n) is 8.40. The first-order valence-corrected chi connectivity index (χ1v) is 4.67. The van der Waals surface area contributed by atoms with Gasteiger partial charge in [-0.3, -0.25) is 9.63 Å². The molecule has 82 valence electrons. The highest BCUT2D eigenvalue weighted by Gasteiger charge is 2.03. The molecule has 0 aliphatic heterocycles. The fraction of sp³-hybridized carbons (Fsp3) is 0.300. The predicted molar refractivity (Wildman–Crippen MR) is 56.8 cm³/mol. The summed E-state index contributed by atoms with van der Waals surface area (Å²) in [5, 5.41) is 2.68. The van der Waals surface area contributed by atoms with Crippen molar-refractivity contribution in [3.8, 4) is 0 Å². The summed E-state index contributed by atoms with van der Waals surface area (Å²) in [6.45, 7) is 1.25. The van der Waals surface area contributed by atoms with Crippen molar-refractivity contribution in [3.05, 3.63) is 35.4 Å². The molecule has 5 heteroatoms. The molecular formula is C10H15N3O2. The average Bonchev–Trinajstić information content (AvgIpc) is 2.27. The van der Waals surface area contributed by atoms with Gasteiger partial charge in [-0.05, 0) is 17.7 Å². The first kappa shape index (κ1) is 11.6. The fourth-order valence-electron chi connectivity index (χ4n) is 1.14. The first-order valence-electron chi connectivity index (χ1n) is 4.67. The highest BCUT2D eigenvalue weighted by atomic mass is 16.6. The minimum atomic E-state index is -0.124. The number of amides is 1. The normalized spacial score (nSPS) is 10.0. The molecule has 0 spiro atoms. The summed E-state index contributed by atoms with van der Waals surface area (Å²) in [6, 6.07) is 7.04. The number of carbonyl (C=O) groups is 1. The van der Waals surface area contributed by atoms with Gasteiger partial charge in [-0.15, -0.1) is 0 Å². The Labute approximate surface area is 88.3 Å². The topological polar surface area (TPSA) is 90.4 Å². The Balaban J connectivity index is 2.58. The lowest BCUT2D eigenvalue weighted by molar-refractivity contribution is 0.0954. The lowest BCUT2D eigenvalue weighted by Gasteiger charge is -2.04. The number of hydrogen-bond acceptors (Lipinski definition) is 4. The Bertz CT molecular complexity index is 311. The maximum atomic E-state index is 11.5. The summed E-state index contributed by atoms with van der Waals surface area (Å²) < 4.78 is 0. The van der Waals surface area contributed by atoms with Crippen LogP contribution in [-0.4, -0.2) is 19.0 Å². The molecule has 0 bridgehead atoms. The molecule has 1 aromatic carbocycles. The summed E-state index contributed by atoms with van der Waals surface area (Å²) in [5.74, 6) is 4.81. The van der Waals surface area contributed by atoms with Crippen LogP contribution >= 0.6 is 0 Å². The van der Waals surface area contributed by atoms with Crippen LogP contribution in [0.1, 0.15) is 15.9 Å². The molecule has 0 atom stereocenters. The maximum absolute atomic E-state index is 11.5. The quantitative estimate of drug-likeness (QED) is 0.584. The zero-order valence-corrected chi connectivity index (χ0v) is 8.40. The van der Waals surface area contributed by atoms with E-state index in [-0.39, 0.29) is 5.91 Å². The van der Waals surface area contributed by atoms with Gasteiger partial charge in [0.05, 0.1) is 6.61 Å². The van der Waals surface area contributed by atoms with Crippen LogP contribution < -0.4 is 16.9 Å². The van der Waals surface area contributed by atoms with Gasteiger partial charge in [0.25, 0.3) is 5.91 Å². The molecule has 0 saturated heterocycles. The van der Waals surface area contributed by atoms with Crippen LogP contribution in [0.2, 0.25) is 0 Å². The van der Waals surface area contributed by atoms with Crippen LogP contribution in [-0.2, 0) is 11.4 Å². The largest absolute Gasteiger partial charge is 0.351 e. The second-order valence-electron chi connectivity index (χ2n) is 3.05. The third-order valence-electron chi connectivity index (χ3n) is 1.90. The van der Waals surface area contributed by atoms with E-state index in [2.05, 4.69) is 10.2 Å². The van der Waals surface area contributed by atoms with E-state index in [0.717, 1.165) is 5.56 Å². The zero-order chi connectivity index (χ0) is 11.1. The summed E-state index contributed by atoms with van der Waals surface area (Å²) in [6.07, 6.45) is 0. The Morgan fingerprint density at radius 2 is 2.00 bits per heavy atom. The number of nitrogens with two attached hydrogens (primary N) is 2. The standard InChI is InChI=1S/C10H15N3O2/c11-5-6-13-10(14)9-3-1-8(2-4-9)7-15-12/h1-4H,5-7,11-12H2,(H,13,14). The van der Waals surface area contributed by atoms with Crippen LogP contribution in [0.5, 0.6) is 0 Å². The van der Waals surface area contributed by atoms with Crippen molar-refractivity contribution in [1.82, 2.24) is 5.32 Å². The lowest BCUT2D eigenvalue weighted by atomic mass is 10.1. The molecule has 0 unspecified atom stereocenters. The van der Waals surface area contributed by atoms with Gasteiger partial charge >= 0.3 is 0 Å². The van der Waals surface area contributed by atoms with Crippen molar-refractivity contribution in [2.24, 2.45) is 11.6 Å². The van der Waals surface area contributed by atoms with E-state index in [4.69, 9.17) is 11.6 Å². The van der Waals surface area contributed by atoms with E-state index in [1.54, 1.807) is 24.3 Å². The lowest BCUT2D eigenvalue weighted by Crippen LogP contribution is -2.28. The summed E-state index contributed by atoms with van der Waals surface area (Å²) in [7, 11) is 0. The van der Waals surface area contributed by atoms with Gasteiger partial charge in [0.1, 0.15) is 0 Å². The van der Waals surface area contributed by atoms with Crippen LogP contribution in [0.3, 0.4) is 0 Å². The summed E-state index contributed by atoms with van der Waals surface area (Å²) >= 11 is 0. The number of carbonyl (C=O) groups excluding carboxylic acids is 1. The SMILES string of the molecule is NCCNC(=O)c1ccc(CON)cc1. The van der Waals surface area contributed by atoms with Crippen LogP contribution in [0.4, 0.5) is 0 Å². The maximum Gasteiger partial charge on any atom is 0.251 e. The molecule has 1 aromatic rings. The van der Waals surface area contributed by atoms with E-state index >= 15 is 0 Å². The molecule has 0 heterocycles. The third-order valence-corrected chi connectivity index (χ3v) is 1.90. The fourth-order valence-corrected chi connectivity index (χ4v) is 1.14. The predicted octanol–water partition coefficient (Wildman–Crippen LogP) is -0.235. The molecule has 5 nitrogen and oxygen atoms in total. The van der Waals surface area contributed by atoms with Gasteiger partial charge in [-0.2, -0.15) is 0 Å². The summed E-state index contributed by atoms with van der Waals surface area (Å²) in [4.78, 5) is 15.9. The molecule has 5 N–H and O–H groups in total. The van der Waals surface area contributed by atoms with Gasteiger partial charge < -0.3 is 11.1 Å². The Kier molecular flexibility index (Phi) is 4.76. The monoisotopic (exact) mass is 209 g/mol. The second kappa shape index (κ2) is 6.13. The Morgan fingerprint density at radius 3 is 2.53 bits per heavy atom. The van der Waals surface area contributed by atoms with Gasteiger partial charge in [-0.1, -0.05) is 12.1 Å². The number of nitrogens with one attached hydrogen (secondary N) is 1. The molecule has 0 aromatic heterocycles. The highest BCUT2D eigenvalue weighted by Crippen LogP contribution is 2.04. The number of benzene rings is 1. The Hall–Kier alpha value is -1.43. The van der Waals surface area contributed by atoms with Crippen molar-refractivity contribution in [2.75, 3.05) is 13.1 Å². The minimum absolute atomic E-state index is 0.124. The molecule has 15 heavy (non-hydrogen) atoms. The van der Waals surface area contributed by atoms with Crippen molar-refractivity contribution in [3.63, 3.8) is 0 Å². The highest BCUT2D eigenvalue weighted by molar-refractivity contribution is 5.94. The van der Waals surface area contributed by atoms with Crippen LogP contribution in [0, 0.1) is 0 Å². The number of hydrogen-bond donors (Lipinski definition) is 3. The smallest absolute Gasteiger partial charge is 0.251 e. The van der Waals surface area contributed by atoms with E-state index in [0.29, 0.717) is 25.3 Å². The molecular weight excluding hydrogens is 194 g/mol. The van der Waals surface area contributed by atoms with Crippen LogP contribution in [0.25, 0.3) is 0 Å². The van der Waals surface area contributed by atoms with Crippen molar-refractivity contribution in [1.29, 1.82) is 0 Å². The van der Waals surface area contributed by atoms with Crippen molar-refractivity contribution >= 4 is 5.91 Å². The van der Waals surface area contributed by atoms with Crippen molar-refractivity contribution in [2.45, 2.75) is 6.61 Å². The molecule has 0 saturated carbocycles. The molecule has 0 fully saturated rings. The first-order chi connectivity index (χ1) is 7.27. The van der Waals surface area contributed by atoms with Crippen molar-refractivity contribution < 1.29 is 9.63 Å². The molecule has 0 aliphatic rings. The van der Waals surface area contributed by atoms with E-state index in [1.165, 1.54) is 0 Å². The van der Waals surface area contributed by atoms with Gasteiger partial charge in [0, 0.05) is 18.7 Å². The van der Waals surface area contributed by atoms with Gasteiger partial charge in [0.15, 0.2) is 0 Å². The van der Waals surface area contributed by atoms with Crippen LogP contribution in [0.15, 0.2) is 24.3 Å². The van der Waals surface area contributed by atoms with E-state index in [9.17, 15) is 4.79 Å². The summed E-state index contributed by atoms with van der Waals surface area (Å²) in [5.41, 5.74) is 6.80. The molecule has 1 rings (SSSR count). The average molecular weight is 209 g/mol. The van der Waals surface area contributed by atoms with E-state index in [1.807, 2.05) is 0 Å². The number of rotatable bonds is 5. The van der Waals surface area contributed by atoms with Gasteiger partial charge in [-0.25, -0.2) is 5.90 Å². The third kappa shape index (κ3) is 3.67. The minimum Gasteiger partial charge on any atom is -0.351 e. The molecule has 0 radical (unpaired) electrons. The second-order valence-corrected chi connectivity index (χ2v) is 3.05. The van der Waals surface area contributed by atoms with E-state index < -0.39 is 0 Å². The van der Waals surface area contributed by atoms with Gasteiger partial charge in [0.2, 0.25) is 0 Å². The molecule has 0 aliphatic carbocycles. The molecule has 1 amide bonds.